The van der Waals surface area contributed by atoms with Crippen LogP contribution in [0.15, 0.2) is 30.5 Å². The molecule has 0 saturated heterocycles. The molecule has 4 rings (SSSR count). The average Bonchev–Trinajstić information content (AvgIpc) is 3.25. The van der Waals surface area contributed by atoms with Gasteiger partial charge in [-0.15, -0.1) is 0 Å². The van der Waals surface area contributed by atoms with Crippen molar-refractivity contribution in [1.82, 2.24) is 15.1 Å². The van der Waals surface area contributed by atoms with Gasteiger partial charge in [0.1, 0.15) is 5.75 Å². The Bertz CT molecular complexity index is 704. The molecule has 0 atom stereocenters. The van der Waals surface area contributed by atoms with E-state index >= 15 is 0 Å². The summed E-state index contributed by atoms with van der Waals surface area (Å²) in [5.41, 5.74) is 2.96. The van der Waals surface area contributed by atoms with E-state index in [0.29, 0.717) is 18.2 Å². The molecule has 1 aliphatic carbocycles. The second-order valence-electron chi connectivity index (χ2n) is 6.40. The van der Waals surface area contributed by atoms with Crippen LogP contribution in [0, 0.1) is 0 Å². The number of rotatable bonds is 3. The molecular formula is C18H21N3O2. The standard InChI is InChI=1S/C18H21N3O2/c22-18(21-9-8-17-14(12-21)11-19-20-17)13-4-3-7-16(10-13)23-15-5-1-2-6-15/h3-4,7,10-11,15H,1-2,5-6,8-9,12H2,(H,19,20). The quantitative estimate of drug-likeness (QED) is 0.948. The lowest BCUT2D eigenvalue weighted by Crippen LogP contribution is -2.35. The summed E-state index contributed by atoms with van der Waals surface area (Å²) < 4.78 is 6.01. The predicted octanol–water partition coefficient (Wildman–Crippen LogP) is 2.93. The number of hydrogen-bond donors (Lipinski definition) is 1. The van der Waals surface area contributed by atoms with E-state index < -0.39 is 0 Å². The number of amides is 1. The average molecular weight is 311 g/mol. The molecule has 0 bridgehead atoms. The molecule has 120 valence electrons. The number of aromatic nitrogens is 2. The topological polar surface area (TPSA) is 58.2 Å². The molecule has 1 aliphatic heterocycles. The van der Waals surface area contributed by atoms with Gasteiger partial charge in [0, 0.05) is 36.3 Å². The third-order valence-corrected chi connectivity index (χ3v) is 4.77. The molecule has 1 aromatic heterocycles. The SMILES string of the molecule is O=C(c1cccc(OC2CCCC2)c1)N1CCc2[nH]ncc2C1. The van der Waals surface area contributed by atoms with Gasteiger partial charge in [-0.25, -0.2) is 0 Å². The lowest BCUT2D eigenvalue weighted by atomic mass is 10.1. The summed E-state index contributed by atoms with van der Waals surface area (Å²) in [6.07, 6.45) is 7.67. The van der Waals surface area contributed by atoms with Crippen LogP contribution < -0.4 is 4.74 Å². The van der Waals surface area contributed by atoms with E-state index in [1.54, 1.807) is 0 Å². The summed E-state index contributed by atoms with van der Waals surface area (Å²) in [4.78, 5) is 14.6. The molecular weight excluding hydrogens is 290 g/mol. The maximum absolute atomic E-state index is 12.8. The first-order valence-corrected chi connectivity index (χ1v) is 8.37. The second-order valence-corrected chi connectivity index (χ2v) is 6.40. The van der Waals surface area contributed by atoms with Gasteiger partial charge in [-0.2, -0.15) is 5.10 Å². The summed E-state index contributed by atoms with van der Waals surface area (Å²) in [6.45, 7) is 1.35. The zero-order chi connectivity index (χ0) is 15.6. The van der Waals surface area contributed by atoms with Crippen LogP contribution in [0.5, 0.6) is 5.75 Å². The number of nitrogens with one attached hydrogen (secondary N) is 1. The molecule has 1 fully saturated rings. The van der Waals surface area contributed by atoms with Crippen molar-refractivity contribution in [2.24, 2.45) is 0 Å². The van der Waals surface area contributed by atoms with Gasteiger partial charge in [-0.1, -0.05) is 6.07 Å². The molecule has 2 aliphatic rings. The second kappa shape index (κ2) is 6.07. The monoisotopic (exact) mass is 311 g/mol. The van der Waals surface area contributed by atoms with Crippen LogP contribution in [0.25, 0.3) is 0 Å². The summed E-state index contributed by atoms with van der Waals surface area (Å²) in [5.74, 6) is 0.873. The van der Waals surface area contributed by atoms with Gasteiger partial charge in [0.15, 0.2) is 0 Å². The number of H-pyrrole nitrogens is 1. The molecule has 5 heteroatoms. The van der Waals surface area contributed by atoms with Crippen molar-refractivity contribution in [3.63, 3.8) is 0 Å². The van der Waals surface area contributed by atoms with Crippen molar-refractivity contribution >= 4 is 5.91 Å². The van der Waals surface area contributed by atoms with E-state index in [-0.39, 0.29) is 5.91 Å². The minimum atomic E-state index is 0.0636. The minimum Gasteiger partial charge on any atom is -0.490 e. The summed E-state index contributed by atoms with van der Waals surface area (Å²) in [6, 6.07) is 7.60. The van der Waals surface area contributed by atoms with E-state index in [2.05, 4.69) is 10.2 Å². The Morgan fingerprint density at radius 1 is 1.30 bits per heavy atom. The van der Waals surface area contributed by atoms with Crippen molar-refractivity contribution in [3.05, 3.63) is 47.3 Å². The van der Waals surface area contributed by atoms with Gasteiger partial charge in [0.2, 0.25) is 0 Å². The fourth-order valence-corrected chi connectivity index (χ4v) is 3.48. The van der Waals surface area contributed by atoms with E-state index in [0.717, 1.165) is 42.8 Å². The largest absolute Gasteiger partial charge is 0.490 e. The van der Waals surface area contributed by atoms with Crippen molar-refractivity contribution in [3.8, 4) is 5.75 Å². The molecule has 1 amide bonds. The number of benzene rings is 1. The number of carbonyl (C=O) groups is 1. The Hall–Kier alpha value is -2.30. The fraction of sp³-hybridized carbons (Fsp3) is 0.444. The van der Waals surface area contributed by atoms with Crippen LogP contribution in [0.3, 0.4) is 0 Å². The van der Waals surface area contributed by atoms with E-state index in [4.69, 9.17) is 4.74 Å². The highest BCUT2D eigenvalue weighted by atomic mass is 16.5. The maximum Gasteiger partial charge on any atom is 0.254 e. The Balaban J connectivity index is 1.48. The summed E-state index contributed by atoms with van der Waals surface area (Å²) in [7, 11) is 0. The zero-order valence-corrected chi connectivity index (χ0v) is 13.1. The van der Waals surface area contributed by atoms with Crippen LogP contribution in [0.2, 0.25) is 0 Å². The Morgan fingerprint density at radius 2 is 2.17 bits per heavy atom. The Morgan fingerprint density at radius 3 is 3.04 bits per heavy atom. The number of fused-ring (bicyclic) bond motifs is 1. The molecule has 23 heavy (non-hydrogen) atoms. The molecule has 5 nitrogen and oxygen atoms in total. The number of hydrogen-bond acceptors (Lipinski definition) is 3. The number of ether oxygens (including phenoxy) is 1. The van der Waals surface area contributed by atoms with E-state index in [1.165, 1.54) is 12.8 Å². The summed E-state index contributed by atoms with van der Waals surface area (Å²) >= 11 is 0. The van der Waals surface area contributed by atoms with E-state index in [9.17, 15) is 4.79 Å². The Kier molecular flexibility index (Phi) is 3.77. The molecule has 0 radical (unpaired) electrons. The highest BCUT2D eigenvalue weighted by Gasteiger charge is 2.23. The molecule has 1 saturated carbocycles. The van der Waals surface area contributed by atoms with Gasteiger partial charge in [0.25, 0.3) is 5.91 Å². The number of aromatic amines is 1. The lowest BCUT2D eigenvalue weighted by molar-refractivity contribution is 0.0733. The van der Waals surface area contributed by atoms with Gasteiger partial charge in [0.05, 0.1) is 12.3 Å². The fourth-order valence-electron chi connectivity index (χ4n) is 3.48. The van der Waals surface area contributed by atoms with Crippen LogP contribution in [-0.2, 0) is 13.0 Å². The van der Waals surface area contributed by atoms with Gasteiger partial charge in [-0.05, 0) is 43.9 Å². The van der Waals surface area contributed by atoms with Crippen LogP contribution >= 0.6 is 0 Å². The highest BCUT2D eigenvalue weighted by Crippen LogP contribution is 2.25. The summed E-state index contributed by atoms with van der Waals surface area (Å²) in [5, 5.41) is 7.06. The van der Waals surface area contributed by atoms with Gasteiger partial charge in [-0.3, -0.25) is 9.89 Å². The zero-order valence-electron chi connectivity index (χ0n) is 13.1. The third-order valence-electron chi connectivity index (χ3n) is 4.77. The first-order chi connectivity index (χ1) is 11.3. The van der Waals surface area contributed by atoms with Crippen molar-refractivity contribution in [2.75, 3.05) is 6.54 Å². The lowest BCUT2D eigenvalue weighted by Gasteiger charge is -2.26. The van der Waals surface area contributed by atoms with E-state index in [1.807, 2.05) is 35.4 Å². The first-order valence-electron chi connectivity index (χ1n) is 8.37. The van der Waals surface area contributed by atoms with Crippen molar-refractivity contribution in [1.29, 1.82) is 0 Å². The maximum atomic E-state index is 12.8. The highest BCUT2D eigenvalue weighted by molar-refractivity contribution is 5.94. The molecule has 0 unspecified atom stereocenters. The number of nitrogens with zero attached hydrogens (tertiary/aromatic N) is 2. The molecule has 0 spiro atoms. The molecule has 1 aromatic carbocycles. The first kappa shape index (κ1) is 14.3. The van der Waals surface area contributed by atoms with Crippen molar-refractivity contribution in [2.45, 2.75) is 44.8 Å². The van der Waals surface area contributed by atoms with Crippen LogP contribution in [-0.4, -0.2) is 33.7 Å². The normalized spacial score (nSPS) is 18.0. The van der Waals surface area contributed by atoms with Crippen LogP contribution in [0.4, 0.5) is 0 Å². The predicted molar refractivity (Wildman–Crippen MR) is 86.4 cm³/mol. The minimum absolute atomic E-state index is 0.0636. The molecule has 2 aromatic rings. The number of carbonyl (C=O) groups excluding carboxylic acids is 1. The third kappa shape index (κ3) is 2.96. The van der Waals surface area contributed by atoms with Crippen LogP contribution in [0.1, 0.15) is 47.3 Å². The molecule has 1 N–H and O–H groups in total. The molecule has 2 heterocycles. The van der Waals surface area contributed by atoms with Gasteiger partial charge >= 0.3 is 0 Å². The van der Waals surface area contributed by atoms with Crippen molar-refractivity contribution < 1.29 is 9.53 Å². The Labute approximate surface area is 135 Å². The smallest absolute Gasteiger partial charge is 0.254 e. The van der Waals surface area contributed by atoms with Gasteiger partial charge < -0.3 is 9.64 Å².